The maximum atomic E-state index is 12.9. The Morgan fingerprint density at radius 1 is 1.25 bits per heavy atom. The molecule has 2 amide bonds. The average Bonchev–Trinajstić information content (AvgIpc) is 2.79. The highest BCUT2D eigenvalue weighted by atomic mass is 16.6. The Balaban J connectivity index is 1.60. The van der Waals surface area contributed by atoms with E-state index in [9.17, 15) is 19.7 Å². The molecule has 1 aliphatic heterocycles. The molecule has 0 unspecified atom stereocenters. The van der Waals surface area contributed by atoms with Crippen LogP contribution in [0.2, 0.25) is 0 Å². The number of carbonyl (C=O) groups is 2. The van der Waals surface area contributed by atoms with Crippen LogP contribution in [0.1, 0.15) is 25.3 Å². The number of aromatic nitrogens is 1. The van der Waals surface area contributed by atoms with Gasteiger partial charge >= 0.3 is 5.69 Å². The van der Waals surface area contributed by atoms with E-state index in [1.807, 2.05) is 29.2 Å². The van der Waals surface area contributed by atoms with E-state index < -0.39 is 11.0 Å². The Hall–Kier alpha value is -3.69. The van der Waals surface area contributed by atoms with Gasteiger partial charge in [0.25, 0.3) is 0 Å². The number of anilines is 1. The second kappa shape index (κ2) is 10.6. The molecule has 10 nitrogen and oxygen atoms in total. The van der Waals surface area contributed by atoms with Crippen LogP contribution in [0.25, 0.3) is 0 Å². The molecule has 1 aromatic heterocycles. The summed E-state index contributed by atoms with van der Waals surface area (Å²) >= 11 is 0. The van der Waals surface area contributed by atoms with Crippen LogP contribution in [-0.4, -0.2) is 54.0 Å². The number of benzene rings is 1. The minimum Gasteiger partial charge on any atom is -0.497 e. The molecule has 0 spiro atoms. The van der Waals surface area contributed by atoms with Crippen LogP contribution in [0.3, 0.4) is 0 Å². The Kier molecular flexibility index (Phi) is 7.58. The summed E-state index contributed by atoms with van der Waals surface area (Å²) in [5.41, 5.74) is 0.872. The number of amides is 2. The summed E-state index contributed by atoms with van der Waals surface area (Å²) in [5, 5.41) is 17.0. The standard InChI is InChI=1S/C22H27N5O5/c1-15(28)24-19(14-16-5-7-18(32-2)8-6-16)22(29)25-17-9-12-26(13-10-17)21-20(27(30)31)4-3-11-23-21/h3-8,11,17,19H,9-10,12-14H2,1-2H3,(H,24,28)(H,25,29)/t19-/m1/s1. The number of rotatable bonds is 8. The van der Waals surface area contributed by atoms with Gasteiger partial charge in [-0.15, -0.1) is 0 Å². The van der Waals surface area contributed by atoms with E-state index in [0.29, 0.717) is 43.9 Å². The number of ether oxygens (including phenoxy) is 1. The lowest BCUT2D eigenvalue weighted by molar-refractivity contribution is -0.384. The van der Waals surface area contributed by atoms with Crippen molar-refractivity contribution in [3.05, 3.63) is 58.3 Å². The molecule has 0 bridgehead atoms. The second-order valence-corrected chi connectivity index (χ2v) is 7.68. The summed E-state index contributed by atoms with van der Waals surface area (Å²) in [6, 6.07) is 9.53. The van der Waals surface area contributed by atoms with Crippen LogP contribution in [-0.2, 0) is 16.0 Å². The summed E-state index contributed by atoms with van der Waals surface area (Å²) in [6.07, 6.45) is 3.13. The fourth-order valence-electron chi connectivity index (χ4n) is 3.76. The number of carbonyl (C=O) groups excluding carboxylic acids is 2. The molecule has 10 heteroatoms. The van der Waals surface area contributed by atoms with E-state index >= 15 is 0 Å². The SMILES string of the molecule is COc1ccc(C[C@@H](NC(C)=O)C(=O)NC2CCN(c3ncccc3[N+](=O)[O-])CC2)cc1. The number of hydrogen-bond acceptors (Lipinski definition) is 7. The summed E-state index contributed by atoms with van der Waals surface area (Å²) in [7, 11) is 1.58. The molecule has 32 heavy (non-hydrogen) atoms. The fourth-order valence-corrected chi connectivity index (χ4v) is 3.76. The fraction of sp³-hybridized carbons (Fsp3) is 0.409. The molecule has 2 heterocycles. The lowest BCUT2D eigenvalue weighted by atomic mass is 10.0. The monoisotopic (exact) mass is 441 g/mol. The number of methoxy groups -OCH3 is 1. The van der Waals surface area contributed by atoms with Crippen molar-refractivity contribution in [1.82, 2.24) is 15.6 Å². The third-order valence-electron chi connectivity index (χ3n) is 5.40. The van der Waals surface area contributed by atoms with Gasteiger partial charge in [-0.2, -0.15) is 0 Å². The van der Waals surface area contributed by atoms with Crippen LogP contribution in [0.15, 0.2) is 42.6 Å². The molecular formula is C22H27N5O5. The van der Waals surface area contributed by atoms with Gasteiger partial charge in [0.05, 0.1) is 12.0 Å². The largest absolute Gasteiger partial charge is 0.497 e. The summed E-state index contributed by atoms with van der Waals surface area (Å²) < 4.78 is 5.15. The van der Waals surface area contributed by atoms with Crippen LogP contribution >= 0.6 is 0 Å². The summed E-state index contributed by atoms with van der Waals surface area (Å²) in [6.45, 7) is 2.45. The van der Waals surface area contributed by atoms with Gasteiger partial charge in [0.2, 0.25) is 17.6 Å². The topological polar surface area (TPSA) is 127 Å². The van der Waals surface area contributed by atoms with Gasteiger partial charge in [-0.05, 0) is 36.6 Å². The van der Waals surface area contributed by atoms with Gasteiger partial charge in [-0.3, -0.25) is 19.7 Å². The van der Waals surface area contributed by atoms with E-state index in [1.54, 1.807) is 13.2 Å². The van der Waals surface area contributed by atoms with Crippen LogP contribution < -0.4 is 20.3 Å². The van der Waals surface area contributed by atoms with Crippen molar-refractivity contribution in [1.29, 1.82) is 0 Å². The van der Waals surface area contributed by atoms with Crippen molar-refractivity contribution in [2.45, 2.75) is 38.3 Å². The van der Waals surface area contributed by atoms with Crippen molar-refractivity contribution < 1.29 is 19.2 Å². The lowest BCUT2D eigenvalue weighted by Crippen LogP contribution is -2.52. The summed E-state index contributed by atoms with van der Waals surface area (Å²) in [5.74, 6) is 0.529. The first-order valence-electron chi connectivity index (χ1n) is 10.4. The minimum atomic E-state index is -0.698. The smallest absolute Gasteiger partial charge is 0.311 e. The number of pyridine rings is 1. The highest BCUT2D eigenvalue weighted by Gasteiger charge is 2.28. The maximum Gasteiger partial charge on any atom is 0.311 e. The molecule has 2 N–H and O–H groups in total. The van der Waals surface area contributed by atoms with E-state index in [4.69, 9.17) is 4.74 Å². The molecule has 1 fully saturated rings. The Morgan fingerprint density at radius 2 is 1.94 bits per heavy atom. The third-order valence-corrected chi connectivity index (χ3v) is 5.40. The van der Waals surface area contributed by atoms with Gasteiger partial charge in [0, 0.05) is 44.7 Å². The van der Waals surface area contributed by atoms with Gasteiger partial charge < -0.3 is 20.3 Å². The van der Waals surface area contributed by atoms with Crippen LogP contribution in [0.5, 0.6) is 5.75 Å². The highest BCUT2D eigenvalue weighted by Crippen LogP contribution is 2.27. The number of hydrogen-bond donors (Lipinski definition) is 2. The van der Waals surface area contributed by atoms with Crippen LogP contribution in [0.4, 0.5) is 11.5 Å². The van der Waals surface area contributed by atoms with Crippen molar-refractivity contribution in [2.75, 3.05) is 25.1 Å². The van der Waals surface area contributed by atoms with E-state index in [2.05, 4.69) is 15.6 Å². The van der Waals surface area contributed by atoms with Gasteiger partial charge in [-0.1, -0.05) is 12.1 Å². The van der Waals surface area contributed by atoms with Gasteiger partial charge in [-0.25, -0.2) is 4.98 Å². The van der Waals surface area contributed by atoms with Gasteiger partial charge in [0.1, 0.15) is 11.8 Å². The zero-order valence-corrected chi connectivity index (χ0v) is 18.1. The van der Waals surface area contributed by atoms with E-state index in [-0.39, 0.29) is 23.5 Å². The van der Waals surface area contributed by atoms with Crippen molar-refractivity contribution >= 4 is 23.3 Å². The number of nitro groups is 1. The molecule has 1 aliphatic rings. The van der Waals surface area contributed by atoms with E-state index in [1.165, 1.54) is 19.2 Å². The molecule has 0 radical (unpaired) electrons. The molecule has 1 atom stereocenters. The molecule has 1 aromatic carbocycles. The van der Waals surface area contributed by atoms with Crippen molar-refractivity contribution in [3.8, 4) is 5.75 Å². The number of nitrogens with zero attached hydrogens (tertiary/aromatic N) is 3. The molecule has 1 saturated heterocycles. The predicted octanol–water partition coefficient (Wildman–Crippen LogP) is 1.83. The summed E-state index contributed by atoms with van der Waals surface area (Å²) in [4.78, 5) is 41.4. The normalized spacial score (nSPS) is 15.0. The first-order chi connectivity index (χ1) is 15.4. The number of piperidine rings is 1. The van der Waals surface area contributed by atoms with Crippen LogP contribution in [0, 0.1) is 10.1 Å². The molecular weight excluding hydrogens is 414 g/mol. The maximum absolute atomic E-state index is 12.9. The molecule has 0 aliphatic carbocycles. The first kappa shape index (κ1) is 23.0. The number of nitrogens with one attached hydrogen (secondary N) is 2. The van der Waals surface area contributed by atoms with Crippen molar-refractivity contribution in [2.24, 2.45) is 0 Å². The average molecular weight is 441 g/mol. The molecule has 170 valence electrons. The molecule has 2 aromatic rings. The first-order valence-corrected chi connectivity index (χ1v) is 10.4. The minimum absolute atomic E-state index is 0.0276. The third kappa shape index (κ3) is 5.93. The highest BCUT2D eigenvalue weighted by molar-refractivity contribution is 5.87. The van der Waals surface area contributed by atoms with Gasteiger partial charge in [0.15, 0.2) is 0 Å². The Bertz CT molecular complexity index is 957. The lowest BCUT2D eigenvalue weighted by Gasteiger charge is -2.33. The Morgan fingerprint density at radius 3 is 2.53 bits per heavy atom. The van der Waals surface area contributed by atoms with Crippen molar-refractivity contribution in [3.63, 3.8) is 0 Å². The van der Waals surface area contributed by atoms with E-state index in [0.717, 1.165) is 5.56 Å². The second-order valence-electron chi connectivity index (χ2n) is 7.68. The zero-order chi connectivity index (χ0) is 23.1. The molecule has 0 saturated carbocycles. The Labute approximate surface area is 186 Å². The quantitative estimate of drug-likeness (QED) is 0.473. The molecule has 3 rings (SSSR count). The zero-order valence-electron chi connectivity index (χ0n) is 18.1. The predicted molar refractivity (Wildman–Crippen MR) is 119 cm³/mol.